The maximum atomic E-state index is 11.9. The summed E-state index contributed by atoms with van der Waals surface area (Å²) in [5.41, 5.74) is 6.68. The van der Waals surface area contributed by atoms with Gasteiger partial charge in [0.1, 0.15) is 0 Å². The molecule has 0 aromatic heterocycles. The van der Waals surface area contributed by atoms with Gasteiger partial charge in [-0.05, 0) is 37.0 Å². The molecule has 102 valence electrons. The van der Waals surface area contributed by atoms with E-state index in [1.54, 1.807) is 19.1 Å². The van der Waals surface area contributed by atoms with Crippen molar-refractivity contribution in [3.8, 4) is 0 Å². The van der Waals surface area contributed by atoms with Crippen molar-refractivity contribution in [1.29, 1.82) is 0 Å². The van der Waals surface area contributed by atoms with Gasteiger partial charge in [-0.15, -0.1) is 0 Å². The van der Waals surface area contributed by atoms with E-state index in [1.165, 1.54) is 0 Å². The minimum absolute atomic E-state index is 0.194. The van der Waals surface area contributed by atoms with Gasteiger partial charge >= 0.3 is 0 Å². The lowest BCUT2D eigenvalue weighted by atomic mass is 10.0. The summed E-state index contributed by atoms with van der Waals surface area (Å²) in [6, 6.07) is 6.81. The second-order valence-electron chi connectivity index (χ2n) is 5.07. The first kappa shape index (κ1) is 15.1. The molecule has 0 spiro atoms. The summed E-state index contributed by atoms with van der Waals surface area (Å²) < 4.78 is 26.3. The first-order valence-electron chi connectivity index (χ1n) is 6.15. The van der Waals surface area contributed by atoms with Crippen molar-refractivity contribution in [1.82, 2.24) is 4.72 Å². The third kappa shape index (κ3) is 4.76. The van der Waals surface area contributed by atoms with Gasteiger partial charge in [0.05, 0.1) is 4.90 Å². The van der Waals surface area contributed by atoms with Crippen LogP contribution in [-0.2, 0) is 16.4 Å². The molecule has 0 saturated heterocycles. The largest absolute Gasteiger partial charge is 0.327 e. The summed E-state index contributed by atoms with van der Waals surface area (Å²) >= 11 is 0. The van der Waals surface area contributed by atoms with Crippen molar-refractivity contribution in [3.63, 3.8) is 0 Å². The average Bonchev–Trinajstić information content (AvgIpc) is 2.26. The number of hydrogen-bond acceptors (Lipinski definition) is 3. The lowest BCUT2D eigenvalue weighted by molar-refractivity contribution is 0.574. The number of nitrogens with one attached hydrogen (secondary N) is 1. The Morgan fingerprint density at radius 3 is 2.17 bits per heavy atom. The van der Waals surface area contributed by atoms with Crippen molar-refractivity contribution in [2.45, 2.75) is 38.1 Å². The lowest BCUT2D eigenvalue weighted by Gasteiger charge is -2.10. The van der Waals surface area contributed by atoms with Gasteiger partial charge in [-0.3, -0.25) is 0 Å². The fourth-order valence-corrected chi connectivity index (χ4v) is 2.74. The van der Waals surface area contributed by atoms with E-state index in [0.29, 0.717) is 5.92 Å². The molecule has 0 fully saturated rings. The number of sulfonamides is 1. The van der Waals surface area contributed by atoms with Crippen LogP contribution in [0.5, 0.6) is 0 Å². The maximum absolute atomic E-state index is 11.9. The summed E-state index contributed by atoms with van der Waals surface area (Å²) in [4.78, 5) is 0.288. The Morgan fingerprint density at radius 2 is 1.72 bits per heavy atom. The minimum Gasteiger partial charge on any atom is -0.327 e. The molecule has 1 unspecified atom stereocenters. The Hall–Kier alpha value is -0.910. The molecule has 1 aromatic rings. The van der Waals surface area contributed by atoms with E-state index in [-0.39, 0.29) is 17.5 Å². The first-order valence-corrected chi connectivity index (χ1v) is 7.64. The van der Waals surface area contributed by atoms with Crippen LogP contribution in [-0.4, -0.2) is 21.0 Å². The van der Waals surface area contributed by atoms with Gasteiger partial charge in [0.2, 0.25) is 10.0 Å². The van der Waals surface area contributed by atoms with Crippen LogP contribution in [0.2, 0.25) is 0 Å². The maximum Gasteiger partial charge on any atom is 0.240 e. The Kier molecular flexibility index (Phi) is 5.31. The van der Waals surface area contributed by atoms with Crippen LogP contribution in [0, 0.1) is 5.92 Å². The highest BCUT2D eigenvalue weighted by atomic mass is 32.2. The highest BCUT2D eigenvalue weighted by Crippen LogP contribution is 2.13. The summed E-state index contributed by atoms with van der Waals surface area (Å²) in [5, 5.41) is 0. The molecule has 18 heavy (non-hydrogen) atoms. The van der Waals surface area contributed by atoms with Gasteiger partial charge in [-0.2, -0.15) is 0 Å². The fourth-order valence-electron chi connectivity index (χ4n) is 1.60. The van der Waals surface area contributed by atoms with Crippen LogP contribution in [0.4, 0.5) is 0 Å². The molecule has 0 amide bonds. The highest BCUT2D eigenvalue weighted by molar-refractivity contribution is 7.89. The average molecular weight is 270 g/mol. The Balaban J connectivity index is 2.78. The van der Waals surface area contributed by atoms with Gasteiger partial charge in [-0.1, -0.05) is 26.0 Å². The van der Waals surface area contributed by atoms with Crippen molar-refractivity contribution < 1.29 is 8.42 Å². The zero-order valence-corrected chi connectivity index (χ0v) is 12.0. The molecule has 0 aliphatic rings. The van der Waals surface area contributed by atoms with E-state index in [0.717, 1.165) is 12.0 Å². The predicted molar refractivity (Wildman–Crippen MR) is 73.8 cm³/mol. The Labute approximate surface area is 110 Å². The van der Waals surface area contributed by atoms with Gasteiger partial charge in [-0.25, -0.2) is 13.1 Å². The molecule has 4 nitrogen and oxygen atoms in total. The smallest absolute Gasteiger partial charge is 0.240 e. The second-order valence-corrected chi connectivity index (χ2v) is 6.84. The van der Waals surface area contributed by atoms with E-state index in [1.807, 2.05) is 12.1 Å². The van der Waals surface area contributed by atoms with Crippen LogP contribution >= 0.6 is 0 Å². The molecule has 1 atom stereocenters. The molecule has 0 radical (unpaired) electrons. The van der Waals surface area contributed by atoms with E-state index in [4.69, 9.17) is 5.73 Å². The summed E-state index contributed by atoms with van der Waals surface area (Å²) in [6.07, 6.45) is 0.952. The number of rotatable bonds is 6. The summed E-state index contributed by atoms with van der Waals surface area (Å²) in [5.74, 6) is 0.559. The van der Waals surface area contributed by atoms with Crippen LogP contribution < -0.4 is 10.5 Å². The summed E-state index contributed by atoms with van der Waals surface area (Å²) in [7, 11) is -3.43. The Morgan fingerprint density at radius 1 is 1.17 bits per heavy atom. The van der Waals surface area contributed by atoms with Crippen molar-refractivity contribution in [3.05, 3.63) is 29.8 Å². The summed E-state index contributed by atoms with van der Waals surface area (Å²) in [6.45, 7) is 6.27. The quantitative estimate of drug-likeness (QED) is 0.823. The molecule has 0 saturated carbocycles. The third-order valence-electron chi connectivity index (χ3n) is 2.47. The van der Waals surface area contributed by atoms with Crippen LogP contribution in [0.3, 0.4) is 0 Å². The molecular weight excluding hydrogens is 248 g/mol. The zero-order chi connectivity index (χ0) is 13.8. The molecule has 0 aliphatic heterocycles. The fraction of sp³-hybridized carbons (Fsp3) is 0.538. The molecule has 0 heterocycles. The van der Waals surface area contributed by atoms with E-state index < -0.39 is 10.0 Å². The SMILES string of the molecule is CC(C)Cc1ccc(S(=O)(=O)NCC(C)N)cc1. The Bertz CT molecular complexity index is 464. The van der Waals surface area contributed by atoms with Crippen molar-refractivity contribution in [2.24, 2.45) is 11.7 Å². The van der Waals surface area contributed by atoms with Crippen molar-refractivity contribution in [2.75, 3.05) is 6.54 Å². The van der Waals surface area contributed by atoms with Crippen LogP contribution in [0.1, 0.15) is 26.3 Å². The van der Waals surface area contributed by atoms with Gasteiger partial charge in [0.25, 0.3) is 0 Å². The zero-order valence-electron chi connectivity index (χ0n) is 11.2. The normalized spacial score (nSPS) is 13.8. The van der Waals surface area contributed by atoms with Crippen molar-refractivity contribution >= 4 is 10.0 Å². The molecule has 0 aliphatic carbocycles. The molecule has 3 N–H and O–H groups in total. The first-order chi connectivity index (χ1) is 8.31. The molecule has 1 aromatic carbocycles. The van der Waals surface area contributed by atoms with Gasteiger partial charge < -0.3 is 5.73 Å². The minimum atomic E-state index is -3.43. The lowest BCUT2D eigenvalue weighted by Crippen LogP contribution is -2.35. The number of benzene rings is 1. The van der Waals surface area contributed by atoms with Crippen LogP contribution in [0.15, 0.2) is 29.2 Å². The standard InChI is InChI=1S/C13H22N2O2S/c1-10(2)8-12-4-6-13(7-5-12)18(16,17)15-9-11(3)14/h4-7,10-11,15H,8-9,14H2,1-3H3. The van der Waals surface area contributed by atoms with E-state index in [2.05, 4.69) is 18.6 Å². The van der Waals surface area contributed by atoms with Crippen LogP contribution in [0.25, 0.3) is 0 Å². The number of nitrogens with two attached hydrogens (primary N) is 1. The van der Waals surface area contributed by atoms with E-state index >= 15 is 0 Å². The topological polar surface area (TPSA) is 72.2 Å². The molecule has 0 bridgehead atoms. The highest BCUT2D eigenvalue weighted by Gasteiger charge is 2.13. The monoisotopic (exact) mass is 270 g/mol. The third-order valence-corrected chi connectivity index (χ3v) is 3.91. The molecular formula is C13H22N2O2S. The van der Waals surface area contributed by atoms with Gasteiger partial charge in [0.15, 0.2) is 0 Å². The predicted octanol–water partition coefficient (Wildman–Crippen LogP) is 1.51. The molecule has 1 rings (SSSR count). The molecule has 5 heteroatoms. The van der Waals surface area contributed by atoms with Gasteiger partial charge in [0, 0.05) is 12.6 Å². The second kappa shape index (κ2) is 6.31. The van der Waals surface area contributed by atoms with E-state index in [9.17, 15) is 8.42 Å². The number of hydrogen-bond donors (Lipinski definition) is 2.